The summed E-state index contributed by atoms with van der Waals surface area (Å²) in [4.78, 5) is 0. The molecule has 0 aliphatic carbocycles. The van der Waals surface area contributed by atoms with Crippen molar-refractivity contribution in [1.29, 1.82) is 0 Å². The van der Waals surface area contributed by atoms with Gasteiger partial charge in [0.05, 0.1) is 0 Å². The van der Waals surface area contributed by atoms with Gasteiger partial charge < -0.3 is 0 Å². The van der Waals surface area contributed by atoms with Crippen LogP contribution in [0.1, 0.15) is 39.5 Å². The van der Waals surface area contributed by atoms with Crippen molar-refractivity contribution >= 4 is 67.8 Å². The second kappa shape index (κ2) is 13.1. The third kappa shape index (κ3) is 5.81. The van der Waals surface area contributed by atoms with Crippen LogP contribution in [0.4, 0.5) is 0 Å². The van der Waals surface area contributed by atoms with Crippen LogP contribution in [-0.4, -0.2) is 3.21 Å². The monoisotopic (exact) mass is 618 g/mol. The minimum Gasteiger partial charge on any atom is -0.168 e. The molecule has 0 amide bonds. The first kappa shape index (κ1) is 28.5. The Morgan fingerprint density at radius 3 is 1.29 bits per heavy atom. The minimum atomic E-state index is 1.31. The van der Waals surface area contributed by atoms with E-state index in [-0.39, 0.29) is 0 Å². The summed E-state index contributed by atoms with van der Waals surface area (Å²) in [5, 5.41) is 16.1. The average Bonchev–Trinajstić information content (AvgIpc) is 3.71. The minimum absolute atomic E-state index is 1.31. The summed E-state index contributed by atoms with van der Waals surface area (Å²) < 4.78 is 1.75. The molecule has 0 aliphatic rings. The molecule has 0 spiro atoms. The molecule has 0 nitrogen and oxygen atoms in total. The van der Waals surface area contributed by atoms with Gasteiger partial charge in [0.2, 0.25) is 0 Å². The van der Waals surface area contributed by atoms with Crippen LogP contribution in [0, 0.1) is 0 Å². The molecule has 0 radical (unpaired) electrons. The number of benzene rings is 6. The fourth-order valence-corrected chi connectivity index (χ4v) is 7.39. The van der Waals surface area contributed by atoms with Gasteiger partial charge in [0.15, 0.2) is 0 Å². The van der Waals surface area contributed by atoms with E-state index in [0.717, 1.165) is 0 Å². The van der Waals surface area contributed by atoms with Gasteiger partial charge in [0, 0.05) is 0 Å². The molecule has 42 heavy (non-hydrogen) atoms. The number of hydrogen-bond acceptors (Lipinski definition) is 0. The molecule has 0 N–H and O–H groups in total. The fourth-order valence-electron chi connectivity index (χ4n) is 6.16. The van der Waals surface area contributed by atoms with Crippen molar-refractivity contribution in [3.05, 3.63) is 133 Å². The molecule has 0 aliphatic heterocycles. The van der Waals surface area contributed by atoms with Gasteiger partial charge in [-0.15, -0.1) is 45.8 Å². The molecule has 0 aromatic heterocycles. The van der Waals surface area contributed by atoms with Gasteiger partial charge in [-0.05, 0) is 10.8 Å². The zero-order valence-corrected chi connectivity index (χ0v) is 27.0. The average molecular weight is 620 g/mol. The molecular formula is C41H36Zr. The zero-order chi connectivity index (χ0) is 28.9. The van der Waals surface area contributed by atoms with E-state index >= 15 is 0 Å². The Bertz CT molecular complexity index is 1980. The maximum atomic E-state index is 2.25. The molecular weight excluding hydrogens is 584 g/mol. The molecule has 0 fully saturated rings. The normalized spacial score (nSPS) is 11.1. The van der Waals surface area contributed by atoms with Crippen LogP contribution in [0.5, 0.6) is 0 Å². The van der Waals surface area contributed by atoms with Gasteiger partial charge in [0.25, 0.3) is 0 Å². The molecule has 0 atom stereocenters. The van der Waals surface area contributed by atoms with E-state index in [4.69, 9.17) is 0 Å². The summed E-state index contributed by atoms with van der Waals surface area (Å²) in [7, 11) is 0. The van der Waals surface area contributed by atoms with Gasteiger partial charge in [-0.3, -0.25) is 0 Å². The van der Waals surface area contributed by atoms with Crippen molar-refractivity contribution in [2.75, 3.05) is 0 Å². The Morgan fingerprint density at radius 2 is 0.857 bits per heavy atom. The molecule has 8 rings (SSSR count). The maximum absolute atomic E-state index is 2.25. The van der Waals surface area contributed by atoms with Crippen LogP contribution in [0.15, 0.2) is 133 Å². The largest absolute Gasteiger partial charge is 0.168 e. The third-order valence-corrected chi connectivity index (χ3v) is 9.38. The van der Waals surface area contributed by atoms with Crippen LogP contribution in [0.3, 0.4) is 0 Å². The van der Waals surface area contributed by atoms with Crippen LogP contribution < -0.4 is 0 Å². The molecule has 204 valence electrons. The Kier molecular flexibility index (Phi) is 8.88. The summed E-state index contributed by atoms with van der Waals surface area (Å²) in [6.45, 7) is 4.50. The molecule has 0 bridgehead atoms. The zero-order valence-electron chi connectivity index (χ0n) is 24.5. The summed E-state index contributed by atoms with van der Waals surface area (Å²) in [5.74, 6) is 0. The van der Waals surface area contributed by atoms with Gasteiger partial charge >= 0.3 is 67.0 Å². The van der Waals surface area contributed by atoms with Gasteiger partial charge in [-0.2, -0.15) is 24.3 Å². The van der Waals surface area contributed by atoms with Crippen molar-refractivity contribution in [2.45, 2.75) is 39.5 Å². The number of hydrogen-bond donors (Lipinski definition) is 0. The first-order chi connectivity index (χ1) is 20.7. The number of fused-ring (bicyclic) bond motifs is 10. The third-order valence-electron chi connectivity index (χ3n) is 8.15. The Morgan fingerprint density at radius 1 is 0.476 bits per heavy atom. The summed E-state index contributed by atoms with van der Waals surface area (Å²) in [5.41, 5.74) is 0. The van der Waals surface area contributed by atoms with Gasteiger partial charge in [-0.1, -0.05) is 117 Å². The van der Waals surface area contributed by atoms with E-state index in [1.807, 2.05) is 0 Å². The quantitative estimate of drug-likeness (QED) is 0.136. The number of rotatable bonds is 4. The standard InChI is InChI=1S/2C17H11.C7H14.Zr/c2*1-2-6-15-12(4-1)8-10-14-11-9-13-5-3-7-16(13)17(14)15;1-3-5-7-6-4-2;/h2*1-11H;3-6H2,1-2H3;/q2*-1;;+2. The first-order valence-corrected chi connectivity index (χ1v) is 16.4. The van der Waals surface area contributed by atoms with E-state index < -0.39 is 0 Å². The summed E-state index contributed by atoms with van der Waals surface area (Å²) >= 11 is 1.65. The first-order valence-electron chi connectivity index (χ1n) is 15.2. The van der Waals surface area contributed by atoms with E-state index in [2.05, 4.69) is 147 Å². The van der Waals surface area contributed by atoms with Crippen LogP contribution in [0.2, 0.25) is 0 Å². The van der Waals surface area contributed by atoms with Gasteiger partial charge in [0.1, 0.15) is 0 Å². The maximum Gasteiger partial charge on any atom is -0.0271 e. The van der Waals surface area contributed by atoms with Crippen LogP contribution in [-0.2, 0) is 24.2 Å². The predicted octanol–water partition coefficient (Wildman–Crippen LogP) is 12.0. The smallest absolute Gasteiger partial charge is 0.0271 e. The van der Waals surface area contributed by atoms with Crippen LogP contribution >= 0.6 is 0 Å². The van der Waals surface area contributed by atoms with E-state index in [9.17, 15) is 0 Å². The molecule has 0 saturated heterocycles. The SMILES string of the molecule is CCC[C](=[Zr+2])CCC.c1ccc2c(c1)ccc1ccc3cc[cH-]c3c12.c1ccc2c(c1)ccc1ccc3cc[cH-]c3c12. The molecule has 8 aromatic carbocycles. The van der Waals surface area contributed by atoms with E-state index in [0.29, 0.717) is 0 Å². The van der Waals surface area contributed by atoms with Crippen molar-refractivity contribution < 1.29 is 24.2 Å². The van der Waals surface area contributed by atoms with Crippen LogP contribution in [0.25, 0.3) is 64.6 Å². The topological polar surface area (TPSA) is 0 Å². The van der Waals surface area contributed by atoms with Crippen molar-refractivity contribution in [3.8, 4) is 0 Å². The summed E-state index contributed by atoms with van der Waals surface area (Å²) in [6, 6.07) is 47.9. The molecule has 1 heteroatoms. The second-order valence-electron chi connectivity index (χ2n) is 11.1. The van der Waals surface area contributed by atoms with Crippen molar-refractivity contribution in [1.82, 2.24) is 0 Å². The van der Waals surface area contributed by atoms with E-state index in [1.54, 1.807) is 27.4 Å². The van der Waals surface area contributed by atoms with Crippen molar-refractivity contribution in [2.24, 2.45) is 0 Å². The Labute approximate surface area is 263 Å². The van der Waals surface area contributed by atoms with Crippen molar-refractivity contribution in [3.63, 3.8) is 0 Å². The second-order valence-corrected chi connectivity index (χ2v) is 12.8. The molecule has 0 unspecified atom stereocenters. The molecule has 8 aromatic rings. The molecule has 0 heterocycles. The molecule has 0 saturated carbocycles. The predicted molar refractivity (Wildman–Crippen MR) is 184 cm³/mol. The fraction of sp³-hybridized carbons (Fsp3) is 0.146. The van der Waals surface area contributed by atoms with E-state index in [1.165, 1.54) is 90.3 Å². The Hall–Kier alpha value is -3.67. The Balaban J connectivity index is 0.000000121. The summed E-state index contributed by atoms with van der Waals surface area (Å²) in [6.07, 6.45) is 5.40. The van der Waals surface area contributed by atoms with Gasteiger partial charge in [-0.25, -0.2) is 0 Å².